The molecule has 174 valence electrons. The number of benzene rings is 2. The van der Waals surface area contributed by atoms with Gasteiger partial charge in [-0.05, 0) is 75.3 Å². The van der Waals surface area contributed by atoms with Crippen LogP contribution in [0.2, 0.25) is 15.1 Å². The minimum atomic E-state index is 0.322. The highest BCUT2D eigenvalue weighted by Gasteiger charge is 2.14. The lowest BCUT2D eigenvalue weighted by atomic mass is 10.2. The molecule has 0 unspecified atom stereocenters. The van der Waals surface area contributed by atoms with E-state index < -0.39 is 0 Å². The summed E-state index contributed by atoms with van der Waals surface area (Å²) in [4.78, 5) is 7.40. The first-order valence-corrected chi connectivity index (χ1v) is 12.6. The first-order chi connectivity index (χ1) is 15.5. The van der Waals surface area contributed by atoms with Gasteiger partial charge in [0.2, 0.25) is 0 Å². The topological polar surface area (TPSA) is 30.3 Å². The van der Waals surface area contributed by atoms with Crippen molar-refractivity contribution in [2.75, 3.05) is 19.6 Å². The molecule has 0 bridgehead atoms. The zero-order chi connectivity index (χ0) is 22.9. The van der Waals surface area contributed by atoms with Crippen molar-refractivity contribution in [3.05, 3.63) is 57.3 Å². The molecule has 0 radical (unpaired) electrons. The van der Waals surface area contributed by atoms with Crippen LogP contribution in [0.3, 0.4) is 0 Å². The molecule has 0 aliphatic carbocycles. The third kappa shape index (κ3) is 7.02. The molecule has 2 aromatic carbocycles. The van der Waals surface area contributed by atoms with Crippen LogP contribution < -0.4 is 4.74 Å². The summed E-state index contributed by atoms with van der Waals surface area (Å²) < 4.78 is 8.22. The molecule has 0 aliphatic rings. The van der Waals surface area contributed by atoms with Crippen molar-refractivity contribution in [3.63, 3.8) is 0 Å². The van der Waals surface area contributed by atoms with Crippen LogP contribution in [0.1, 0.15) is 51.8 Å². The second kappa shape index (κ2) is 12.7. The van der Waals surface area contributed by atoms with E-state index in [2.05, 4.69) is 23.3 Å². The Bertz CT molecular complexity index is 998. The van der Waals surface area contributed by atoms with Gasteiger partial charge in [0.05, 0.1) is 16.1 Å². The molecule has 0 fully saturated rings. The van der Waals surface area contributed by atoms with Crippen LogP contribution in [0, 0.1) is 0 Å². The van der Waals surface area contributed by atoms with Crippen molar-refractivity contribution in [2.24, 2.45) is 0 Å². The van der Waals surface area contributed by atoms with Crippen molar-refractivity contribution in [1.82, 2.24) is 14.5 Å². The van der Waals surface area contributed by atoms with Gasteiger partial charge in [-0.2, -0.15) is 0 Å². The van der Waals surface area contributed by atoms with E-state index in [0.29, 0.717) is 27.4 Å². The fraction of sp³-hybridized carbons (Fsp3) is 0.480. The van der Waals surface area contributed by atoms with Crippen molar-refractivity contribution in [1.29, 1.82) is 0 Å². The molecule has 4 nitrogen and oxygen atoms in total. The Morgan fingerprint density at radius 3 is 2.22 bits per heavy atom. The van der Waals surface area contributed by atoms with E-state index in [1.54, 1.807) is 18.2 Å². The Labute approximate surface area is 206 Å². The fourth-order valence-corrected chi connectivity index (χ4v) is 4.42. The smallest absolute Gasteiger partial charge is 0.148 e. The summed E-state index contributed by atoms with van der Waals surface area (Å²) >= 11 is 18.6. The number of hydrogen-bond donors (Lipinski definition) is 0. The number of halogens is 3. The molecule has 0 atom stereocenters. The first kappa shape index (κ1) is 25.2. The highest BCUT2D eigenvalue weighted by atomic mass is 35.5. The Morgan fingerprint density at radius 2 is 1.53 bits per heavy atom. The van der Waals surface area contributed by atoms with E-state index in [0.717, 1.165) is 49.5 Å². The van der Waals surface area contributed by atoms with Crippen LogP contribution >= 0.6 is 34.8 Å². The summed E-state index contributed by atoms with van der Waals surface area (Å²) in [6.45, 7) is 9.08. The van der Waals surface area contributed by atoms with Crippen LogP contribution in [-0.4, -0.2) is 34.1 Å². The number of unbranched alkanes of at least 4 members (excludes halogenated alkanes) is 2. The third-order valence-corrected chi connectivity index (χ3v) is 6.32. The summed E-state index contributed by atoms with van der Waals surface area (Å²) in [7, 11) is 0. The van der Waals surface area contributed by atoms with Crippen LogP contribution in [0.4, 0.5) is 0 Å². The van der Waals surface area contributed by atoms with E-state index in [9.17, 15) is 0 Å². The molecule has 0 aliphatic heterocycles. The van der Waals surface area contributed by atoms with Crippen LogP contribution in [-0.2, 0) is 13.2 Å². The van der Waals surface area contributed by atoms with Crippen LogP contribution in [0.25, 0.3) is 11.0 Å². The number of fused-ring (bicyclic) bond motifs is 1. The molecule has 7 heteroatoms. The van der Waals surface area contributed by atoms with Crippen molar-refractivity contribution in [3.8, 4) is 5.75 Å². The van der Waals surface area contributed by atoms with Gasteiger partial charge < -0.3 is 14.2 Å². The van der Waals surface area contributed by atoms with Gasteiger partial charge in [-0.25, -0.2) is 4.98 Å². The lowest BCUT2D eigenvalue weighted by molar-refractivity contribution is 0.254. The standard InChI is InChI=1S/C25H32Cl3N3O/c1-3-5-12-30(13-6-4-2)14-7-15-31-23-17-20(27)8-10-22(23)29-25(31)18-32-24-11-9-19(26)16-21(24)28/h8-11,16-17H,3-7,12-15,18H2,1-2H3. The predicted molar refractivity (Wildman–Crippen MR) is 136 cm³/mol. The van der Waals surface area contributed by atoms with E-state index >= 15 is 0 Å². The monoisotopic (exact) mass is 495 g/mol. The lowest BCUT2D eigenvalue weighted by Gasteiger charge is -2.22. The Morgan fingerprint density at radius 1 is 0.875 bits per heavy atom. The maximum absolute atomic E-state index is 6.30. The summed E-state index contributed by atoms with van der Waals surface area (Å²) in [5.74, 6) is 1.46. The molecule has 3 rings (SSSR count). The van der Waals surface area contributed by atoms with Crippen molar-refractivity contribution >= 4 is 45.8 Å². The Balaban J connectivity index is 1.74. The Kier molecular flexibility index (Phi) is 9.98. The van der Waals surface area contributed by atoms with E-state index in [-0.39, 0.29) is 0 Å². The van der Waals surface area contributed by atoms with Gasteiger partial charge in [0.1, 0.15) is 18.2 Å². The van der Waals surface area contributed by atoms with Gasteiger partial charge in [0.25, 0.3) is 0 Å². The molecule has 0 spiro atoms. The molecule has 1 aromatic heterocycles. The summed E-state index contributed by atoms with van der Waals surface area (Å²) in [5.41, 5.74) is 1.95. The molecule has 0 saturated carbocycles. The van der Waals surface area contributed by atoms with Gasteiger partial charge >= 0.3 is 0 Å². The predicted octanol–water partition coefficient (Wildman–Crippen LogP) is 7.87. The summed E-state index contributed by atoms with van der Waals surface area (Å²) in [5, 5.41) is 1.78. The normalized spacial score (nSPS) is 11.6. The number of aromatic nitrogens is 2. The molecule has 3 aromatic rings. The minimum absolute atomic E-state index is 0.322. The van der Waals surface area contributed by atoms with Gasteiger partial charge in [-0.1, -0.05) is 61.5 Å². The second-order valence-electron chi connectivity index (χ2n) is 8.08. The first-order valence-electron chi connectivity index (χ1n) is 11.5. The molecule has 0 N–H and O–H groups in total. The van der Waals surface area contributed by atoms with Crippen LogP contribution in [0.15, 0.2) is 36.4 Å². The SMILES string of the molecule is CCCCN(CCCC)CCCn1c(COc2ccc(Cl)cc2Cl)nc2ccc(Cl)cc21. The maximum Gasteiger partial charge on any atom is 0.148 e. The highest BCUT2D eigenvalue weighted by molar-refractivity contribution is 6.35. The van der Waals surface area contributed by atoms with Crippen LogP contribution in [0.5, 0.6) is 5.75 Å². The van der Waals surface area contributed by atoms with E-state index in [4.69, 9.17) is 44.5 Å². The average molecular weight is 497 g/mol. The van der Waals surface area contributed by atoms with Gasteiger partial charge in [-0.15, -0.1) is 0 Å². The zero-order valence-electron chi connectivity index (χ0n) is 18.9. The largest absolute Gasteiger partial charge is 0.484 e. The van der Waals surface area contributed by atoms with E-state index in [1.165, 1.54) is 25.7 Å². The number of hydrogen-bond acceptors (Lipinski definition) is 3. The minimum Gasteiger partial charge on any atom is -0.484 e. The quantitative estimate of drug-likeness (QED) is 0.241. The van der Waals surface area contributed by atoms with E-state index in [1.807, 2.05) is 18.2 Å². The molecular formula is C25H32Cl3N3O. The molecule has 0 amide bonds. The summed E-state index contributed by atoms with van der Waals surface area (Å²) in [6, 6.07) is 11.1. The molecule has 0 saturated heterocycles. The van der Waals surface area contributed by atoms with Crippen molar-refractivity contribution in [2.45, 2.75) is 59.1 Å². The van der Waals surface area contributed by atoms with Gasteiger partial charge in [0, 0.05) is 16.6 Å². The van der Waals surface area contributed by atoms with Gasteiger partial charge in [-0.3, -0.25) is 0 Å². The highest BCUT2D eigenvalue weighted by Crippen LogP contribution is 2.29. The van der Waals surface area contributed by atoms with Gasteiger partial charge in [0.15, 0.2) is 0 Å². The second-order valence-corrected chi connectivity index (χ2v) is 9.36. The third-order valence-electron chi connectivity index (χ3n) is 5.55. The summed E-state index contributed by atoms with van der Waals surface area (Å²) in [6.07, 6.45) is 5.98. The number of aryl methyl sites for hydroxylation is 1. The average Bonchev–Trinajstić information content (AvgIpc) is 3.11. The number of nitrogens with zero attached hydrogens (tertiary/aromatic N) is 3. The number of ether oxygens (including phenoxy) is 1. The van der Waals surface area contributed by atoms with Crippen molar-refractivity contribution < 1.29 is 4.74 Å². The number of rotatable bonds is 13. The number of imidazole rings is 1. The molecular weight excluding hydrogens is 465 g/mol. The fourth-order valence-electron chi connectivity index (χ4n) is 3.79. The zero-order valence-corrected chi connectivity index (χ0v) is 21.2. The maximum atomic E-state index is 6.30. The molecule has 1 heterocycles. The Hall–Kier alpha value is -1.46. The lowest BCUT2D eigenvalue weighted by Crippen LogP contribution is -2.28. The molecule has 32 heavy (non-hydrogen) atoms.